The van der Waals surface area contributed by atoms with Crippen molar-refractivity contribution in [1.82, 2.24) is 9.80 Å². The molecule has 182 valence electrons. The summed E-state index contributed by atoms with van der Waals surface area (Å²) in [5.41, 5.74) is -1.08. The van der Waals surface area contributed by atoms with Crippen molar-refractivity contribution in [3.63, 3.8) is 0 Å². The normalized spacial score (nSPS) is 34.1. The average Bonchev–Trinajstić information content (AvgIpc) is 3.48. The summed E-state index contributed by atoms with van der Waals surface area (Å²) in [4.78, 5) is 44.2. The van der Waals surface area contributed by atoms with Crippen LogP contribution in [-0.2, 0) is 23.9 Å². The van der Waals surface area contributed by atoms with Crippen LogP contribution in [-0.4, -0.2) is 82.3 Å². The molecule has 0 aromatic carbocycles. The van der Waals surface area contributed by atoms with Crippen molar-refractivity contribution in [2.75, 3.05) is 19.8 Å². The average molecular weight is 461 g/mol. The van der Waals surface area contributed by atoms with E-state index in [4.69, 9.17) is 9.47 Å². The number of fused-ring (bicyclic) bond motifs is 1. The van der Waals surface area contributed by atoms with E-state index in [2.05, 4.69) is 13.2 Å². The van der Waals surface area contributed by atoms with E-state index in [9.17, 15) is 19.5 Å². The smallest absolute Gasteiger partial charge is 0.312 e. The molecular weight excluding hydrogens is 424 g/mol. The van der Waals surface area contributed by atoms with Crippen LogP contribution in [0.1, 0.15) is 51.9 Å². The van der Waals surface area contributed by atoms with Crippen LogP contribution in [0.3, 0.4) is 0 Å². The predicted octanol–water partition coefficient (Wildman–Crippen LogP) is 1.82. The van der Waals surface area contributed by atoms with Crippen LogP contribution in [0.25, 0.3) is 0 Å². The largest absolute Gasteiger partial charge is 0.461 e. The Kier molecular flexibility index (Phi) is 6.96. The number of amides is 2. The summed E-state index contributed by atoms with van der Waals surface area (Å²) in [6.07, 6.45) is 9.02. The van der Waals surface area contributed by atoms with Gasteiger partial charge in [0.2, 0.25) is 11.8 Å². The van der Waals surface area contributed by atoms with Gasteiger partial charge in [-0.25, -0.2) is 0 Å². The molecule has 1 spiro atoms. The number of likely N-dealkylation sites (tertiary alicyclic amines) is 1. The van der Waals surface area contributed by atoms with Crippen molar-refractivity contribution < 1.29 is 29.0 Å². The topological polar surface area (TPSA) is 96.4 Å². The molecule has 3 saturated heterocycles. The van der Waals surface area contributed by atoms with Crippen LogP contribution < -0.4 is 0 Å². The third kappa shape index (κ3) is 3.81. The summed E-state index contributed by atoms with van der Waals surface area (Å²) in [5, 5.41) is 9.95. The minimum Gasteiger partial charge on any atom is -0.461 e. The van der Waals surface area contributed by atoms with Gasteiger partial charge in [0.1, 0.15) is 18.2 Å². The van der Waals surface area contributed by atoms with Crippen molar-refractivity contribution in [2.45, 2.75) is 81.7 Å². The maximum atomic E-state index is 14.2. The van der Waals surface area contributed by atoms with E-state index in [0.717, 1.165) is 32.1 Å². The van der Waals surface area contributed by atoms with E-state index in [1.807, 2.05) is 4.90 Å². The molecule has 8 nitrogen and oxygen atoms in total. The van der Waals surface area contributed by atoms with Crippen molar-refractivity contribution in [1.29, 1.82) is 0 Å². The van der Waals surface area contributed by atoms with E-state index in [0.29, 0.717) is 19.4 Å². The Bertz CT molecular complexity index is 809. The number of carbonyl (C=O) groups excluding carboxylic acids is 3. The highest BCUT2D eigenvalue weighted by Gasteiger charge is 2.75. The lowest BCUT2D eigenvalue weighted by Gasteiger charge is -2.41. The lowest BCUT2D eigenvalue weighted by atomic mass is 9.70. The third-order valence-electron chi connectivity index (χ3n) is 7.95. The highest BCUT2D eigenvalue weighted by molar-refractivity contribution is 5.98. The number of ether oxygens (including phenoxy) is 2. The molecule has 4 aliphatic rings. The first-order valence-corrected chi connectivity index (χ1v) is 12.2. The molecule has 0 aromatic heterocycles. The van der Waals surface area contributed by atoms with E-state index in [1.54, 1.807) is 13.0 Å². The number of rotatable bonds is 9. The zero-order chi connectivity index (χ0) is 23.8. The molecule has 0 radical (unpaired) electrons. The lowest BCUT2D eigenvalue weighted by molar-refractivity contribution is -0.156. The molecule has 3 heterocycles. The predicted molar refractivity (Wildman–Crippen MR) is 121 cm³/mol. The fourth-order valence-electron chi connectivity index (χ4n) is 6.55. The lowest BCUT2D eigenvalue weighted by Crippen LogP contribution is -2.60. The summed E-state index contributed by atoms with van der Waals surface area (Å²) in [6, 6.07) is -1.36. The van der Waals surface area contributed by atoms with Gasteiger partial charge in [0.15, 0.2) is 0 Å². The Morgan fingerprint density at radius 3 is 2.64 bits per heavy atom. The number of aliphatic hydroxyl groups excluding tert-OH is 1. The fourth-order valence-corrected chi connectivity index (χ4v) is 6.55. The number of hydrogen-bond acceptors (Lipinski definition) is 6. The third-order valence-corrected chi connectivity index (χ3v) is 7.95. The van der Waals surface area contributed by atoms with Gasteiger partial charge in [-0.05, 0) is 32.6 Å². The minimum absolute atomic E-state index is 0.0594. The Balaban J connectivity index is 1.72. The van der Waals surface area contributed by atoms with Gasteiger partial charge in [0.25, 0.3) is 0 Å². The second-order valence-electron chi connectivity index (χ2n) is 9.82. The highest BCUT2D eigenvalue weighted by atomic mass is 16.6. The summed E-state index contributed by atoms with van der Waals surface area (Å²) in [6.45, 7) is 9.33. The zero-order valence-electron chi connectivity index (χ0n) is 19.5. The van der Waals surface area contributed by atoms with Crippen molar-refractivity contribution >= 4 is 17.8 Å². The quantitative estimate of drug-likeness (QED) is 0.417. The Morgan fingerprint density at radius 1 is 1.27 bits per heavy atom. The fraction of sp³-hybridized carbons (Fsp3) is 0.720. The van der Waals surface area contributed by atoms with Gasteiger partial charge >= 0.3 is 5.97 Å². The maximum Gasteiger partial charge on any atom is 0.312 e. The van der Waals surface area contributed by atoms with Crippen LogP contribution in [0.4, 0.5) is 0 Å². The summed E-state index contributed by atoms with van der Waals surface area (Å²) in [7, 11) is 0. The first-order chi connectivity index (χ1) is 15.9. The minimum atomic E-state index is -1.08. The second kappa shape index (κ2) is 9.58. The molecule has 2 bridgehead atoms. The number of carbonyl (C=O) groups is 3. The monoisotopic (exact) mass is 460 g/mol. The molecule has 1 N–H and O–H groups in total. The summed E-state index contributed by atoms with van der Waals surface area (Å²) < 4.78 is 11.7. The molecule has 2 unspecified atom stereocenters. The van der Waals surface area contributed by atoms with Gasteiger partial charge in [-0.3, -0.25) is 14.4 Å². The molecule has 4 fully saturated rings. The SMILES string of the molecule is C=CCOC(=O)[C@@H]1[C@H]2C(=O)N([C@H](C)CO)C(C(=O)N(CC=C)C3CCCCC3)C23CC[C@H]1O3. The number of aliphatic hydroxyl groups is 1. The molecule has 1 aliphatic carbocycles. The first kappa shape index (κ1) is 24.0. The van der Waals surface area contributed by atoms with Gasteiger partial charge in [-0.15, -0.1) is 6.58 Å². The Hall–Kier alpha value is -2.19. The van der Waals surface area contributed by atoms with E-state index in [-0.39, 0.29) is 31.1 Å². The van der Waals surface area contributed by atoms with Crippen LogP contribution in [0.5, 0.6) is 0 Å². The van der Waals surface area contributed by atoms with Gasteiger partial charge in [-0.1, -0.05) is 38.0 Å². The van der Waals surface area contributed by atoms with Gasteiger partial charge in [-0.2, -0.15) is 0 Å². The Morgan fingerprint density at radius 2 is 2.00 bits per heavy atom. The van der Waals surface area contributed by atoms with Gasteiger partial charge in [0, 0.05) is 12.6 Å². The standard InChI is InChI=1S/C25H36N2O6/c1-4-13-26(17-9-7-6-8-10-17)23(30)21-25-12-11-18(33-25)19(24(31)32-14-5-2)20(25)22(29)27(21)16(3)15-28/h4-5,16-21,28H,1-2,6-15H2,3H3/t16-,18-,19+,20+,21?,25?/m1/s1. The number of esters is 1. The molecular formula is C25H36N2O6. The first-order valence-electron chi connectivity index (χ1n) is 12.2. The molecule has 33 heavy (non-hydrogen) atoms. The van der Waals surface area contributed by atoms with Crippen molar-refractivity contribution in [3.8, 4) is 0 Å². The zero-order valence-corrected chi connectivity index (χ0v) is 19.5. The van der Waals surface area contributed by atoms with Crippen LogP contribution in [0, 0.1) is 11.8 Å². The van der Waals surface area contributed by atoms with Gasteiger partial charge < -0.3 is 24.4 Å². The molecule has 6 atom stereocenters. The van der Waals surface area contributed by atoms with Crippen molar-refractivity contribution in [2.24, 2.45) is 11.8 Å². The summed E-state index contributed by atoms with van der Waals surface area (Å²) >= 11 is 0. The molecule has 4 rings (SSSR count). The van der Waals surface area contributed by atoms with E-state index in [1.165, 1.54) is 11.0 Å². The van der Waals surface area contributed by atoms with E-state index >= 15 is 0 Å². The highest BCUT2D eigenvalue weighted by Crippen LogP contribution is 2.59. The molecule has 2 amide bonds. The summed E-state index contributed by atoms with van der Waals surface area (Å²) in [5.74, 6) is -2.49. The van der Waals surface area contributed by atoms with Gasteiger partial charge in [0.05, 0.1) is 30.6 Å². The second-order valence-corrected chi connectivity index (χ2v) is 9.82. The van der Waals surface area contributed by atoms with Crippen LogP contribution >= 0.6 is 0 Å². The number of nitrogens with zero attached hydrogens (tertiary/aromatic N) is 2. The van der Waals surface area contributed by atoms with Crippen molar-refractivity contribution in [3.05, 3.63) is 25.3 Å². The molecule has 0 aromatic rings. The molecule has 3 aliphatic heterocycles. The van der Waals surface area contributed by atoms with E-state index < -0.39 is 41.6 Å². The number of hydrogen-bond donors (Lipinski definition) is 1. The van der Waals surface area contributed by atoms with Crippen LogP contribution in [0.15, 0.2) is 25.3 Å². The maximum absolute atomic E-state index is 14.2. The Labute approximate surface area is 195 Å². The molecule has 1 saturated carbocycles. The van der Waals surface area contributed by atoms with Crippen LogP contribution in [0.2, 0.25) is 0 Å². The molecule has 8 heteroatoms.